The highest BCUT2D eigenvalue weighted by atomic mass is 16.6. The average molecular weight is 741 g/mol. The van der Waals surface area contributed by atoms with E-state index in [-0.39, 0.29) is 30.6 Å². The lowest BCUT2D eigenvalue weighted by Gasteiger charge is -2.62. The van der Waals surface area contributed by atoms with E-state index in [2.05, 4.69) is 27.7 Å². The van der Waals surface area contributed by atoms with Crippen LogP contribution >= 0.6 is 0 Å². The van der Waals surface area contributed by atoms with Gasteiger partial charge in [-0.05, 0) is 192 Å². The van der Waals surface area contributed by atoms with Crippen molar-refractivity contribution in [1.29, 1.82) is 0 Å². The standard InChI is InChI=1S/C23H36O4.C22H36O4/c1-6-22(2,3)21(25)26-12-18(24)27-23(4,5)17-11-15-10-16(17)20-14-8-7-13(9-14)19(15)20;1-6-20(3,4)19(24)25-14-18(23)26-21(5,7-2)22-11-15-8-16(12-22)10-17(9-15)13-22/h13-17,19-20H,6-12H2,1-5H3;15-17H,6-14H2,1-5H3. The smallest absolute Gasteiger partial charge is 0.344 e. The largest absolute Gasteiger partial charge is 0.457 e. The summed E-state index contributed by atoms with van der Waals surface area (Å²) in [6.45, 7) is 19.1. The van der Waals surface area contributed by atoms with Crippen molar-refractivity contribution in [2.75, 3.05) is 13.2 Å². The van der Waals surface area contributed by atoms with Crippen LogP contribution in [0.2, 0.25) is 0 Å². The van der Waals surface area contributed by atoms with Crippen molar-refractivity contribution in [1.82, 2.24) is 0 Å². The number of fused-ring (bicyclic) bond motifs is 9. The van der Waals surface area contributed by atoms with Crippen molar-refractivity contribution >= 4 is 23.9 Å². The number of hydrogen-bond acceptors (Lipinski definition) is 8. The first-order valence-electron chi connectivity index (χ1n) is 21.5. The number of esters is 4. The third-order valence-electron chi connectivity index (χ3n) is 16.7. The second-order valence-corrected chi connectivity index (χ2v) is 21.0. The van der Waals surface area contributed by atoms with Crippen LogP contribution in [0, 0.1) is 75.4 Å². The molecular formula is C45H72O8. The molecule has 0 aliphatic heterocycles. The van der Waals surface area contributed by atoms with Gasteiger partial charge in [0.25, 0.3) is 0 Å². The maximum absolute atomic E-state index is 12.5. The Kier molecular flexibility index (Phi) is 11.3. The van der Waals surface area contributed by atoms with Gasteiger partial charge in [-0.15, -0.1) is 0 Å². The van der Waals surface area contributed by atoms with Gasteiger partial charge in [0.05, 0.1) is 10.8 Å². The summed E-state index contributed by atoms with van der Waals surface area (Å²) < 4.78 is 22.4. The fourth-order valence-electron chi connectivity index (χ4n) is 13.3. The molecule has 0 N–H and O–H groups in total. The third kappa shape index (κ3) is 7.70. The zero-order valence-corrected chi connectivity index (χ0v) is 34.9. The van der Waals surface area contributed by atoms with Gasteiger partial charge in [-0.25, -0.2) is 9.59 Å². The average Bonchev–Trinajstić information content (AvgIpc) is 3.91. The Labute approximate surface area is 320 Å². The molecule has 8 atom stereocenters. The van der Waals surface area contributed by atoms with E-state index in [0.717, 1.165) is 59.7 Å². The van der Waals surface area contributed by atoms with Crippen LogP contribution < -0.4 is 0 Å². The lowest BCUT2D eigenvalue weighted by Crippen LogP contribution is -2.58. The first-order chi connectivity index (χ1) is 24.8. The first-order valence-corrected chi connectivity index (χ1v) is 21.5. The summed E-state index contributed by atoms with van der Waals surface area (Å²) in [5.74, 6) is 6.77. The van der Waals surface area contributed by atoms with Crippen molar-refractivity contribution in [3.8, 4) is 0 Å². The molecule has 300 valence electrons. The minimum atomic E-state index is -0.561. The van der Waals surface area contributed by atoms with Gasteiger partial charge in [-0.2, -0.15) is 0 Å². The van der Waals surface area contributed by atoms with Crippen LogP contribution in [0.15, 0.2) is 0 Å². The fourth-order valence-corrected chi connectivity index (χ4v) is 13.3. The van der Waals surface area contributed by atoms with Gasteiger partial charge in [0, 0.05) is 11.3 Å². The molecule has 53 heavy (non-hydrogen) atoms. The van der Waals surface area contributed by atoms with Crippen molar-refractivity contribution in [3.05, 3.63) is 0 Å². The highest BCUT2D eigenvalue weighted by Crippen LogP contribution is 2.70. The number of ether oxygens (including phenoxy) is 4. The van der Waals surface area contributed by atoms with Crippen LogP contribution in [-0.2, 0) is 38.1 Å². The van der Waals surface area contributed by atoms with E-state index in [1.807, 2.05) is 41.5 Å². The Morgan fingerprint density at radius 1 is 0.566 bits per heavy atom. The lowest BCUT2D eigenvalue weighted by molar-refractivity contribution is -0.209. The minimum Gasteiger partial charge on any atom is -0.457 e. The molecule has 0 heterocycles. The maximum atomic E-state index is 12.5. The van der Waals surface area contributed by atoms with Gasteiger partial charge < -0.3 is 18.9 Å². The second kappa shape index (κ2) is 14.8. The molecule has 8 nitrogen and oxygen atoms in total. The Morgan fingerprint density at radius 2 is 1.04 bits per heavy atom. The molecule has 0 radical (unpaired) electrons. The zero-order chi connectivity index (χ0) is 38.7. The van der Waals surface area contributed by atoms with Gasteiger partial charge in [-0.1, -0.05) is 20.8 Å². The number of rotatable bonds is 13. The van der Waals surface area contributed by atoms with Gasteiger partial charge >= 0.3 is 23.9 Å². The van der Waals surface area contributed by atoms with Crippen LogP contribution in [-0.4, -0.2) is 48.3 Å². The summed E-state index contributed by atoms with van der Waals surface area (Å²) in [5, 5.41) is 0. The Balaban J connectivity index is 0.000000182. The summed E-state index contributed by atoms with van der Waals surface area (Å²) in [6.07, 6.45) is 16.8. The summed E-state index contributed by atoms with van der Waals surface area (Å²) in [6, 6.07) is 0. The third-order valence-corrected chi connectivity index (χ3v) is 16.7. The van der Waals surface area contributed by atoms with E-state index >= 15 is 0 Å². The molecule has 8 aliphatic rings. The number of hydrogen-bond donors (Lipinski definition) is 0. The van der Waals surface area contributed by atoms with Crippen LogP contribution in [0.1, 0.15) is 159 Å². The molecule has 8 heteroatoms. The SMILES string of the molecule is CCC(C)(C)C(=O)OCC(=O)OC(C)(C)C1CC2CC1C1C3CCC(C3)C21.CCC(C)(C)C(=O)OCC(=O)OC(C)(CC)C12CC3CC(CC(C3)C1)C2. The molecule has 0 aromatic heterocycles. The molecule has 0 aromatic carbocycles. The van der Waals surface area contributed by atoms with E-state index in [9.17, 15) is 19.2 Å². The monoisotopic (exact) mass is 741 g/mol. The summed E-state index contributed by atoms with van der Waals surface area (Å²) in [7, 11) is 0. The maximum Gasteiger partial charge on any atom is 0.344 e. The zero-order valence-electron chi connectivity index (χ0n) is 34.9. The van der Waals surface area contributed by atoms with Crippen molar-refractivity contribution in [2.24, 2.45) is 75.4 Å². The highest BCUT2D eigenvalue weighted by molar-refractivity contribution is 5.80. The molecule has 8 fully saturated rings. The van der Waals surface area contributed by atoms with E-state index in [4.69, 9.17) is 18.9 Å². The molecular weight excluding hydrogens is 668 g/mol. The van der Waals surface area contributed by atoms with Gasteiger partial charge in [-0.3, -0.25) is 9.59 Å². The van der Waals surface area contributed by atoms with E-state index in [1.54, 1.807) is 0 Å². The van der Waals surface area contributed by atoms with Gasteiger partial charge in [0.1, 0.15) is 11.2 Å². The molecule has 8 aliphatic carbocycles. The van der Waals surface area contributed by atoms with Gasteiger partial charge in [0.2, 0.25) is 0 Å². The summed E-state index contributed by atoms with van der Waals surface area (Å²) >= 11 is 0. The van der Waals surface area contributed by atoms with Crippen LogP contribution in [0.3, 0.4) is 0 Å². The molecule has 0 spiro atoms. The fraction of sp³-hybridized carbons (Fsp3) is 0.911. The first kappa shape index (κ1) is 40.5. The highest BCUT2D eigenvalue weighted by Gasteiger charge is 2.65. The molecule has 8 saturated carbocycles. The molecule has 8 unspecified atom stereocenters. The summed E-state index contributed by atoms with van der Waals surface area (Å²) in [5.41, 5.74) is -1.92. The van der Waals surface area contributed by atoms with Crippen LogP contribution in [0.5, 0.6) is 0 Å². The molecule has 8 rings (SSSR count). The molecule has 8 bridgehead atoms. The van der Waals surface area contributed by atoms with Crippen molar-refractivity contribution < 1.29 is 38.1 Å². The van der Waals surface area contributed by atoms with Gasteiger partial charge in [0.15, 0.2) is 13.2 Å². The predicted molar refractivity (Wildman–Crippen MR) is 203 cm³/mol. The van der Waals surface area contributed by atoms with Crippen LogP contribution in [0.25, 0.3) is 0 Å². The van der Waals surface area contributed by atoms with E-state index < -0.39 is 34.0 Å². The van der Waals surface area contributed by atoms with Crippen molar-refractivity contribution in [3.63, 3.8) is 0 Å². The minimum absolute atomic E-state index is 0.124. The van der Waals surface area contributed by atoms with Crippen LogP contribution in [0.4, 0.5) is 0 Å². The number of carbonyl (C=O) groups excluding carboxylic acids is 4. The molecule has 0 amide bonds. The lowest BCUT2D eigenvalue weighted by atomic mass is 9.45. The quantitative estimate of drug-likeness (QED) is 0.105. The number of carbonyl (C=O) groups is 4. The Hall–Kier alpha value is -2.12. The predicted octanol–water partition coefficient (Wildman–Crippen LogP) is 9.50. The Bertz CT molecular complexity index is 1360. The van der Waals surface area contributed by atoms with Crippen molar-refractivity contribution in [2.45, 2.75) is 170 Å². The van der Waals surface area contributed by atoms with E-state index in [0.29, 0.717) is 18.8 Å². The second-order valence-electron chi connectivity index (χ2n) is 21.0. The topological polar surface area (TPSA) is 105 Å². The normalized spacial score (nSPS) is 37.3. The summed E-state index contributed by atoms with van der Waals surface area (Å²) in [4.78, 5) is 49.1. The Morgan fingerprint density at radius 3 is 1.51 bits per heavy atom. The molecule has 0 aromatic rings. The molecule has 0 saturated heterocycles. The van der Waals surface area contributed by atoms with E-state index in [1.165, 1.54) is 70.6 Å².